The molecule has 1 aliphatic rings. The number of ether oxygens (including phenoxy) is 1. The van der Waals surface area contributed by atoms with Crippen molar-refractivity contribution in [3.8, 4) is 0 Å². The number of halogens is 1. The zero-order chi connectivity index (χ0) is 17.6. The fourth-order valence-corrected chi connectivity index (χ4v) is 3.71. The lowest BCUT2D eigenvalue weighted by atomic mass is 10.1. The molecule has 0 saturated carbocycles. The van der Waals surface area contributed by atoms with Gasteiger partial charge in [0, 0.05) is 11.6 Å². The van der Waals surface area contributed by atoms with Crippen molar-refractivity contribution in [2.45, 2.75) is 43.6 Å². The van der Waals surface area contributed by atoms with Crippen molar-refractivity contribution in [1.29, 1.82) is 0 Å². The molecule has 0 radical (unpaired) electrons. The Morgan fingerprint density at radius 1 is 1.52 bits per heavy atom. The van der Waals surface area contributed by atoms with Crippen LogP contribution in [0.3, 0.4) is 0 Å². The molecule has 0 spiro atoms. The minimum atomic E-state index is -0.162. The van der Waals surface area contributed by atoms with Crippen molar-refractivity contribution in [1.82, 2.24) is 25.5 Å². The van der Waals surface area contributed by atoms with Gasteiger partial charge in [-0.3, -0.25) is 4.79 Å². The second kappa shape index (κ2) is 8.64. The van der Waals surface area contributed by atoms with Gasteiger partial charge >= 0.3 is 0 Å². The number of hydrogen-bond acceptors (Lipinski definition) is 6. The molecule has 1 aromatic heterocycles. The molecular formula is C16H20ClN5O2S. The third kappa shape index (κ3) is 4.93. The highest BCUT2D eigenvalue weighted by atomic mass is 35.5. The fraction of sp³-hybridized carbons (Fsp3) is 0.500. The molecule has 2 atom stereocenters. The van der Waals surface area contributed by atoms with Crippen LogP contribution < -0.4 is 5.32 Å². The Morgan fingerprint density at radius 3 is 3.12 bits per heavy atom. The Balaban J connectivity index is 1.51. The van der Waals surface area contributed by atoms with Gasteiger partial charge in [-0.05, 0) is 41.8 Å². The number of aromatic nitrogens is 4. The third-order valence-electron chi connectivity index (χ3n) is 3.98. The van der Waals surface area contributed by atoms with E-state index in [9.17, 15) is 4.79 Å². The van der Waals surface area contributed by atoms with Crippen LogP contribution in [0.15, 0.2) is 29.4 Å². The number of tetrazole rings is 1. The summed E-state index contributed by atoms with van der Waals surface area (Å²) < 4.78 is 7.30. The van der Waals surface area contributed by atoms with Crippen LogP contribution in [0.25, 0.3) is 0 Å². The zero-order valence-electron chi connectivity index (χ0n) is 13.9. The molecule has 1 aliphatic heterocycles. The molecule has 1 N–H and O–H groups in total. The third-order valence-corrected chi connectivity index (χ3v) is 5.28. The minimum Gasteiger partial charge on any atom is -0.376 e. The van der Waals surface area contributed by atoms with E-state index in [-0.39, 0.29) is 23.8 Å². The second-order valence-electron chi connectivity index (χ2n) is 5.88. The summed E-state index contributed by atoms with van der Waals surface area (Å²) in [4.78, 5) is 12.2. The van der Waals surface area contributed by atoms with E-state index in [0.29, 0.717) is 16.7 Å². The van der Waals surface area contributed by atoms with E-state index in [1.807, 2.05) is 31.2 Å². The summed E-state index contributed by atoms with van der Waals surface area (Å²) >= 11 is 7.48. The molecule has 25 heavy (non-hydrogen) atoms. The summed E-state index contributed by atoms with van der Waals surface area (Å²) in [5.41, 5.74) is 0.894. The first-order chi connectivity index (χ1) is 12.1. The molecule has 2 aromatic rings. The summed E-state index contributed by atoms with van der Waals surface area (Å²) in [7, 11) is 0. The molecule has 0 aliphatic carbocycles. The van der Waals surface area contributed by atoms with Gasteiger partial charge in [0.1, 0.15) is 0 Å². The Bertz CT molecular complexity index is 720. The van der Waals surface area contributed by atoms with Crippen LogP contribution in [-0.2, 0) is 16.1 Å². The standard InChI is InChI=1S/C16H20ClN5O2S/c1-11(13-6-2-3-7-14(13)17)18-15(23)10-25-16-19-20-21-22(16)9-12-5-4-8-24-12/h2-3,6-7,11-12H,4-5,8-10H2,1H3,(H,18,23). The molecular weight excluding hydrogens is 362 g/mol. The van der Waals surface area contributed by atoms with Crippen LogP contribution in [0, 0.1) is 0 Å². The lowest BCUT2D eigenvalue weighted by molar-refractivity contribution is -0.119. The van der Waals surface area contributed by atoms with Crippen molar-refractivity contribution in [2.24, 2.45) is 0 Å². The molecule has 3 rings (SSSR count). The van der Waals surface area contributed by atoms with Gasteiger partial charge in [-0.25, -0.2) is 4.68 Å². The van der Waals surface area contributed by atoms with E-state index in [4.69, 9.17) is 16.3 Å². The van der Waals surface area contributed by atoms with E-state index < -0.39 is 0 Å². The number of rotatable bonds is 7. The van der Waals surface area contributed by atoms with Gasteiger partial charge in [0.05, 0.1) is 24.4 Å². The van der Waals surface area contributed by atoms with Crippen LogP contribution in [-0.4, -0.2) is 44.6 Å². The average Bonchev–Trinajstić information content (AvgIpc) is 3.26. The first kappa shape index (κ1) is 18.2. The highest BCUT2D eigenvalue weighted by molar-refractivity contribution is 7.99. The van der Waals surface area contributed by atoms with Crippen LogP contribution in [0.5, 0.6) is 0 Å². The maximum absolute atomic E-state index is 12.2. The van der Waals surface area contributed by atoms with E-state index in [0.717, 1.165) is 25.0 Å². The summed E-state index contributed by atoms with van der Waals surface area (Å²) in [6.45, 7) is 3.32. The van der Waals surface area contributed by atoms with Crippen molar-refractivity contribution in [3.63, 3.8) is 0 Å². The summed E-state index contributed by atoms with van der Waals surface area (Å²) in [6, 6.07) is 7.32. The van der Waals surface area contributed by atoms with Gasteiger partial charge in [0.2, 0.25) is 11.1 Å². The number of hydrogen-bond donors (Lipinski definition) is 1. The number of nitrogens with one attached hydrogen (secondary N) is 1. The molecule has 1 fully saturated rings. The second-order valence-corrected chi connectivity index (χ2v) is 7.23. The molecule has 2 unspecified atom stereocenters. The zero-order valence-corrected chi connectivity index (χ0v) is 15.5. The van der Waals surface area contributed by atoms with E-state index in [1.165, 1.54) is 11.8 Å². The van der Waals surface area contributed by atoms with Crippen LogP contribution >= 0.6 is 23.4 Å². The average molecular weight is 382 g/mol. The molecule has 0 bridgehead atoms. The van der Waals surface area contributed by atoms with Crippen LogP contribution in [0.1, 0.15) is 31.4 Å². The topological polar surface area (TPSA) is 81.9 Å². The maximum atomic E-state index is 12.2. The van der Waals surface area contributed by atoms with Crippen molar-refractivity contribution in [2.75, 3.05) is 12.4 Å². The largest absolute Gasteiger partial charge is 0.376 e. The molecule has 1 saturated heterocycles. The highest BCUT2D eigenvalue weighted by Crippen LogP contribution is 2.23. The lowest BCUT2D eigenvalue weighted by Crippen LogP contribution is -2.28. The van der Waals surface area contributed by atoms with Crippen molar-refractivity contribution >= 4 is 29.3 Å². The first-order valence-corrected chi connectivity index (χ1v) is 9.54. The van der Waals surface area contributed by atoms with Crippen molar-refractivity contribution in [3.05, 3.63) is 34.9 Å². The number of benzene rings is 1. The molecule has 1 aromatic carbocycles. The van der Waals surface area contributed by atoms with Crippen molar-refractivity contribution < 1.29 is 9.53 Å². The normalized spacial score (nSPS) is 18.2. The lowest BCUT2D eigenvalue weighted by Gasteiger charge is -2.15. The smallest absolute Gasteiger partial charge is 0.230 e. The van der Waals surface area contributed by atoms with Gasteiger partial charge in [-0.15, -0.1) is 5.10 Å². The fourth-order valence-electron chi connectivity index (χ4n) is 2.71. The monoisotopic (exact) mass is 381 g/mol. The van der Waals surface area contributed by atoms with Gasteiger partial charge < -0.3 is 10.1 Å². The summed E-state index contributed by atoms with van der Waals surface area (Å²) in [5.74, 6) is 0.143. The highest BCUT2D eigenvalue weighted by Gasteiger charge is 2.20. The summed E-state index contributed by atoms with van der Waals surface area (Å²) in [6.07, 6.45) is 2.23. The SMILES string of the molecule is CC(NC(=O)CSc1nnnn1CC1CCCO1)c1ccccc1Cl. The van der Waals surface area contributed by atoms with E-state index in [1.54, 1.807) is 4.68 Å². The van der Waals surface area contributed by atoms with E-state index >= 15 is 0 Å². The molecule has 2 heterocycles. The molecule has 7 nitrogen and oxygen atoms in total. The predicted molar refractivity (Wildman–Crippen MR) is 95.5 cm³/mol. The number of amides is 1. The van der Waals surface area contributed by atoms with Gasteiger partial charge in [0.15, 0.2) is 0 Å². The number of thioether (sulfide) groups is 1. The number of carbonyl (C=O) groups excluding carboxylic acids is 1. The summed E-state index contributed by atoms with van der Waals surface area (Å²) in [5, 5.41) is 15.9. The number of carbonyl (C=O) groups is 1. The minimum absolute atomic E-state index is 0.0934. The number of nitrogens with zero attached hydrogens (tertiary/aromatic N) is 4. The molecule has 9 heteroatoms. The first-order valence-electron chi connectivity index (χ1n) is 8.18. The van der Waals surface area contributed by atoms with Gasteiger partial charge in [0.25, 0.3) is 0 Å². The Morgan fingerprint density at radius 2 is 2.36 bits per heavy atom. The van der Waals surface area contributed by atoms with Gasteiger partial charge in [-0.1, -0.05) is 41.6 Å². The van der Waals surface area contributed by atoms with Crippen LogP contribution in [0.4, 0.5) is 0 Å². The Labute approximate surface area is 155 Å². The molecule has 1 amide bonds. The Hall–Kier alpha value is -1.64. The quantitative estimate of drug-likeness (QED) is 0.742. The predicted octanol–water partition coefficient (Wildman–Crippen LogP) is 2.47. The Kier molecular flexibility index (Phi) is 6.28. The maximum Gasteiger partial charge on any atom is 0.230 e. The van der Waals surface area contributed by atoms with E-state index in [2.05, 4.69) is 20.8 Å². The molecule has 134 valence electrons. The van der Waals surface area contributed by atoms with Crippen LogP contribution in [0.2, 0.25) is 5.02 Å². The van der Waals surface area contributed by atoms with Gasteiger partial charge in [-0.2, -0.15) is 0 Å².